The van der Waals surface area contributed by atoms with Crippen LogP contribution in [0.4, 0.5) is 0 Å². The van der Waals surface area contributed by atoms with Gasteiger partial charge in [-0.3, -0.25) is 4.79 Å². The van der Waals surface area contributed by atoms with E-state index in [0.717, 1.165) is 24.4 Å². The molecular formula is C14H22N2OS. The summed E-state index contributed by atoms with van der Waals surface area (Å²) in [6, 6.07) is 4.05. The highest BCUT2D eigenvalue weighted by molar-refractivity contribution is 7.10. The molecule has 2 heterocycles. The van der Waals surface area contributed by atoms with Gasteiger partial charge in [-0.1, -0.05) is 13.0 Å². The average molecular weight is 266 g/mol. The molecular weight excluding hydrogens is 244 g/mol. The van der Waals surface area contributed by atoms with Crippen LogP contribution in [-0.2, 0) is 10.2 Å². The predicted molar refractivity (Wildman–Crippen MR) is 75.7 cm³/mol. The van der Waals surface area contributed by atoms with Gasteiger partial charge in [0.05, 0.1) is 5.41 Å². The summed E-state index contributed by atoms with van der Waals surface area (Å²) < 4.78 is 0. The van der Waals surface area contributed by atoms with Gasteiger partial charge in [-0.2, -0.15) is 0 Å². The number of thiophene rings is 1. The maximum absolute atomic E-state index is 12.7. The molecule has 0 bridgehead atoms. The average Bonchev–Trinajstić information content (AvgIpc) is 2.97. The Morgan fingerprint density at radius 1 is 1.61 bits per heavy atom. The normalized spacial score (nSPS) is 24.6. The van der Waals surface area contributed by atoms with Crippen molar-refractivity contribution in [3.8, 4) is 0 Å². The van der Waals surface area contributed by atoms with Crippen LogP contribution in [0, 0.1) is 5.41 Å². The lowest BCUT2D eigenvalue weighted by molar-refractivity contribution is -0.135. The molecule has 2 rings (SSSR count). The van der Waals surface area contributed by atoms with Crippen molar-refractivity contribution in [3.63, 3.8) is 0 Å². The largest absolute Gasteiger partial charge is 0.341 e. The standard InChI is InChI=1S/C14H22N2OS/c1-13(2,11-5-4-8-18-11)12(17)16-7-6-14(3,9-15)10-16/h4-5,8H,6-7,9-10,15H2,1-3H3. The maximum atomic E-state index is 12.7. The Kier molecular flexibility index (Phi) is 3.52. The molecule has 18 heavy (non-hydrogen) atoms. The van der Waals surface area contributed by atoms with E-state index in [1.54, 1.807) is 11.3 Å². The van der Waals surface area contributed by atoms with Crippen molar-refractivity contribution in [2.45, 2.75) is 32.6 Å². The fourth-order valence-corrected chi connectivity index (χ4v) is 3.34. The number of amides is 1. The first-order chi connectivity index (χ1) is 8.39. The number of carbonyl (C=O) groups excluding carboxylic acids is 1. The smallest absolute Gasteiger partial charge is 0.233 e. The van der Waals surface area contributed by atoms with Crippen LogP contribution in [-0.4, -0.2) is 30.4 Å². The molecule has 100 valence electrons. The molecule has 4 heteroatoms. The van der Waals surface area contributed by atoms with E-state index >= 15 is 0 Å². The van der Waals surface area contributed by atoms with E-state index in [9.17, 15) is 4.79 Å². The zero-order valence-electron chi connectivity index (χ0n) is 11.4. The molecule has 0 aliphatic carbocycles. The first kappa shape index (κ1) is 13.6. The maximum Gasteiger partial charge on any atom is 0.233 e. The van der Waals surface area contributed by atoms with Gasteiger partial charge in [0.2, 0.25) is 5.91 Å². The number of rotatable bonds is 3. The van der Waals surface area contributed by atoms with Crippen molar-refractivity contribution in [1.29, 1.82) is 0 Å². The third kappa shape index (κ3) is 2.31. The Balaban J connectivity index is 2.13. The summed E-state index contributed by atoms with van der Waals surface area (Å²) in [7, 11) is 0. The fourth-order valence-electron chi connectivity index (χ4n) is 2.50. The minimum absolute atomic E-state index is 0.0984. The van der Waals surface area contributed by atoms with Gasteiger partial charge in [-0.25, -0.2) is 0 Å². The summed E-state index contributed by atoms with van der Waals surface area (Å²) in [4.78, 5) is 15.8. The van der Waals surface area contributed by atoms with Crippen molar-refractivity contribution in [1.82, 2.24) is 4.90 Å². The molecule has 1 unspecified atom stereocenters. The molecule has 1 aromatic rings. The van der Waals surface area contributed by atoms with Crippen LogP contribution in [0.3, 0.4) is 0 Å². The van der Waals surface area contributed by atoms with E-state index in [4.69, 9.17) is 5.73 Å². The summed E-state index contributed by atoms with van der Waals surface area (Å²) >= 11 is 1.65. The highest BCUT2D eigenvalue weighted by Gasteiger charge is 2.41. The Morgan fingerprint density at radius 2 is 2.33 bits per heavy atom. The van der Waals surface area contributed by atoms with Crippen molar-refractivity contribution < 1.29 is 4.79 Å². The predicted octanol–water partition coefficient (Wildman–Crippen LogP) is 2.22. The molecule has 3 nitrogen and oxygen atoms in total. The van der Waals surface area contributed by atoms with Crippen LogP contribution in [0.1, 0.15) is 32.1 Å². The van der Waals surface area contributed by atoms with Gasteiger partial charge in [-0.15, -0.1) is 11.3 Å². The number of nitrogens with zero attached hydrogens (tertiary/aromatic N) is 1. The summed E-state index contributed by atoms with van der Waals surface area (Å²) in [5.41, 5.74) is 5.47. The van der Waals surface area contributed by atoms with E-state index in [2.05, 4.69) is 6.92 Å². The van der Waals surface area contributed by atoms with Crippen molar-refractivity contribution in [3.05, 3.63) is 22.4 Å². The van der Waals surface area contributed by atoms with E-state index < -0.39 is 5.41 Å². The van der Waals surface area contributed by atoms with Crippen LogP contribution in [0.5, 0.6) is 0 Å². The molecule has 1 saturated heterocycles. The minimum Gasteiger partial charge on any atom is -0.341 e. The van der Waals surface area contributed by atoms with E-state index in [1.165, 1.54) is 0 Å². The molecule has 0 spiro atoms. The zero-order chi connectivity index (χ0) is 13.4. The van der Waals surface area contributed by atoms with E-state index in [1.807, 2.05) is 36.3 Å². The van der Waals surface area contributed by atoms with Crippen LogP contribution in [0.2, 0.25) is 0 Å². The number of carbonyl (C=O) groups is 1. The molecule has 0 aromatic carbocycles. The summed E-state index contributed by atoms with van der Waals surface area (Å²) in [6.07, 6.45) is 1.01. The molecule has 1 aliphatic rings. The van der Waals surface area contributed by atoms with Crippen LogP contribution in [0.25, 0.3) is 0 Å². The Bertz CT molecular complexity index is 427. The van der Waals surface area contributed by atoms with Crippen molar-refractivity contribution in [2.75, 3.05) is 19.6 Å². The molecule has 0 radical (unpaired) electrons. The van der Waals surface area contributed by atoms with Gasteiger partial charge in [0, 0.05) is 18.0 Å². The first-order valence-corrected chi connectivity index (χ1v) is 7.30. The second kappa shape index (κ2) is 4.67. The number of likely N-dealkylation sites (tertiary alicyclic amines) is 1. The fraction of sp³-hybridized carbons (Fsp3) is 0.643. The van der Waals surface area contributed by atoms with Gasteiger partial charge >= 0.3 is 0 Å². The second-order valence-corrected chi connectivity index (χ2v) is 7.04. The molecule has 1 aliphatic heterocycles. The minimum atomic E-state index is -0.423. The molecule has 1 atom stereocenters. The molecule has 1 amide bonds. The Hall–Kier alpha value is -0.870. The lowest BCUT2D eigenvalue weighted by atomic mass is 9.88. The third-order valence-corrected chi connectivity index (χ3v) is 5.20. The third-order valence-electron chi connectivity index (χ3n) is 4.01. The second-order valence-electron chi connectivity index (χ2n) is 6.09. The Labute approximate surface area is 113 Å². The SMILES string of the molecule is CC1(CN)CCN(C(=O)C(C)(C)c2cccs2)C1. The quantitative estimate of drug-likeness (QED) is 0.912. The summed E-state index contributed by atoms with van der Waals surface area (Å²) in [5.74, 6) is 0.224. The van der Waals surface area contributed by atoms with Crippen LogP contribution < -0.4 is 5.73 Å². The van der Waals surface area contributed by atoms with Crippen LogP contribution >= 0.6 is 11.3 Å². The Morgan fingerprint density at radius 3 is 2.83 bits per heavy atom. The molecule has 1 fully saturated rings. The number of nitrogens with two attached hydrogens (primary N) is 1. The van der Waals surface area contributed by atoms with Gasteiger partial charge in [0.25, 0.3) is 0 Å². The van der Waals surface area contributed by atoms with Gasteiger partial charge in [0.1, 0.15) is 0 Å². The first-order valence-electron chi connectivity index (χ1n) is 6.42. The number of hydrogen-bond acceptors (Lipinski definition) is 3. The lowest BCUT2D eigenvalue weighted by Crippen LogP contribution is -2.43. The molecule has 2 N–H and O–H groups in total. The monoisotopic (exact) mass is 266 g/mol. The van der Waals surface area contributed by atoms with Crippen LogP contribution in [0.15, 0.2) is 17.5 Å². The number of hydrogen-bond donors (Lipinski definition) is 1. The highest BCUT2D eigenvalue weighted by Crippen LogP contribution is 2.34. The highest BCUT2D eigenvalue weighted by atomic mass is 32.1. The van der Waals surface area contributed by atoms with E-state index in [0.29, 0.717) is 6.54 Å². The van der Waals surface area contributed by atoms with Crippen molar-refractivity contribution in [2.24, 2.45) is 11.1 Å². The van der Waals surface area contributed by atoms with Gasteiger partial charge in [0.15, 0.2) is 0 Å². The van der Waals surface area contributed by atoms with Gasteiger partial charge < -0.3 is 10.6 Å². The summed E-state index contributed by atoms with van der Waals surface area (Å²) in [6.45, 7) is 8.46. The van der Waals surface area contributed by atoms with Crippen molar-refractivity contribution >= 4 is 17.2 Å². The topological polar surface area (TPSA) is 46.3 Å². The molecule has 0 saturated carbocycles. The summed E-state index contributed by atoms with van der Waals surface area (Å²) in [5, 5.41) is 2.03. The van der Waals surface area contributed by atoms with Gasteiger partial charge in [-0.05, 0) is 43.7 Å². The lowest BCUT2D eigenvalue weighted by Gasteiger charge is -2.30. The molecule has 1 aromatic heterocycles. The zero-order valence-corrected chi connectivity index (χ0v) is 12.2. The van der Waals surface area contributed by atoms with E-state index in [-0.39, 0.29) is 11.3 Å².